The van der Waals surface area contributed by atoms with Crippen LogP contribution in [0.25, 0.3) is 39.2 Å². The molecule has 0 amide bonds. The quantitative estimate of drug-likeness (QED) is 0.100. The van der Waals surface area contributed by atoms with Crippen molar-refractivity contribution < 1.29 is 44.3 Å². The minimum absolute atomic E-state index is 0.0674. The fourth-order valence-corrected chi connectivity index (χ4v) is 5.31. The van der Waals surface area contributed by atoms with Gasteiger partial charge < -0.3 is 4.74 Å². The van der Waals surface area contributed by atoms with Crippen LogP contribution in [0.2, 0.25) is 0 Å². The number of rotatable bonds is 11. The molecule has 0 fully saturated rings. The SMILES string of the molecule is CCCCCc1ccc(-c2ccc(-c3ccc(-c4cc(F)c(C(F)(F)Oc5ccc(/C(F)=C/F)c(F)c5)c(F)c4)c(F)c3)c(F)c2)cc1. The van der Waals surface area contributed by atoms with Gasteiger partial charge in [0.05, 0.1) is 0 Å². The van der Waals surface area contributed by atoms with E-state index in [1.54, 1.807) is 6.07 Å². The molecule has 5 aromatic rings. The molecule has 0 bridgehead atoms. The van der Waals surface area contributed by atoms with Crippen molar-refractivity contribution in [3.63, 3.8) is 0 Å². The molecule has 1 nitrogen and oxygen atoms in total. The zero-order valence-electron chi connectivity index (χ0n) is 25.4. The monoisotopic (exact) mass is 670 g/mol. The maximum atomic E-state index is 15.3. The van der Waals surface area contributed by atoms with Gasteiger partial charge in [0.15, 0.2) is 5.83 Å². The summed E-state index contributed by atoms with van der Waals surface area (Å²) in [6.45, 7) is 2.13. The summed E-state index contributed by atoms with van der Waals surface area (Å²) in [5.41, 5.74) is -0.737. The molecule has 248 valence electrons. The van der Waals surface area contributed by atoms with Crippen LogP contribution in [0.1, 0.15) is 42.9 Å². The van der Waals surface area contributed by atoms with Gasteiger partial charge in [-0.3, -0.25) is 0 Å². The summed E-state index contributed by atoms with van der Waals surface area (Å²) in [6, 6.07) is 18.2. The van der Waals surface area contributed by atoms with Crippen molar-refractivity contribution in [3.8, 4) is 39.1 Å². The largest absolute Gasteiger partial charge is 0.432 e. The summed E-state index contributed by atoms with van der Waals surface area (Å²) < 4.78 is 134. The molecule has 0 aliphatic rings. The molecule has 0 aliphatic carbocycles. The van der Waals surface area contributed by atoms with E-state index < -0.39 is 69.8 Å². The van der Waals surface area contributed by atoms with Crippen LogP contribution < -0.4 is 4.74 Å². The third-order valence-corrected chi connectivity index (χ3v) is 7.79. The summed E-state index contributed by atoms with van der Waals surface area (Å²) >= 11 is 0. The van der Waals surface area contributed by atoms with Crippen LogP contribution in [0, 0.1) is 29.1 Å². The Bertz CT molecular complexity index is 1940. The molecule has 0 spiro atoms. The first-order valence-corrected chi connectivity index (χ1v) is 14.9. The Labute approximate surface area is 270 Å². The van der Waals surface area contributed by atoms with Crippen LogP contribution in [0.5, 0.6) is 5.75 Å². The average molecular weight is 671 g/mol. The van der Waals surface area contributed by atoms with Gasteiger partial charge in [0, 0.05) is 22.8 Å². The van der Waals surface area contributed by atoms with Crippen LogP contribution in [0.3, 0.4) is 0 Å². The molecule has 0 atom stereocenters. The fourth-order valence-electron chi connectivity index (χ4n) is 5.31. The van der Waals surface area contributed by atoms with Gasteiger partial charge in [0.25, 0.3) is 0 Å². The summed E-state index contributed by atoms with van der Waals surface area (Å²) in [5, 5.41) is 0. The van der Waals surface area contributed by atoms with E-state index in [1.807, 2.05) is 24.3 Å². The Morgan fingerprint density at radius 1 is 0.625 bits per heavy atom. The lowest BCUT2D eigenvalue weighted by Crippen LogP contribution is -2.25. The van der Waals surface area contributed by atoms with Gasteiger partial charge in [-0.15, -0.1) is 0 Å². The molecular formula is C38H27F9O. The van der Waals surface area contributed by atoms with Crippen LogP contribution >= 0.6 is 0 Å². The van der Waals surface area contributed by atoms with E-state index in [1.165, 1.54) is 23.8 Å². The van der Waals surface area contributed by atoms with E-state index in [2.05, 4.69) is 11.7 Å². The summed E-state index contributed by atoms with van der Waals surface area (Å²) in [6.07, 6.45) is -0.937. The summed E-state index contributed by atoms with van der Waals surface area (Å²) in [4.78, 5) is 0. The minimum Gasteiger partial charge on any atom is -0.429 e. The number of aryl methyl sites for hydroxylation is 1. The van der Waals surface area contributed by atoms with Gasteiger partial charge in [0.1, 0.15) is 46.7 Å². The van der Waals surface area contributed by atoms with E-state index in [0.29, 0.717) is 29.8 Å². The Morgan fingerprint density at radius 3 is 1.77 bits per heavy atom. The predicted octanol–water partition coefficient (Wildman–Crippen LogP) is 12.5. The van der Waals surface area contributed by atoms with Crippen LogP contribution in [0.4, 0.5) is 39.5 Å². The third kappa shape index (κ3) is 7.43. The zero-order valence-corrected chi connectivity index (χ0v) is 25.4. The first-order valence-electron chi connectivity index (χ1n) is 14.9. The molecular weight excluding hydrogens is 643 g/mol. The summed E-state index contributed by atoms with van der Waals surface area (Å²) in [5.74, 6) is -9.27. The molecule has 0 saturated carbocycles. The molecule has 0 saturated heterocycles. The van der Waals surface area contributed by atoms with E-state index in [4.69, 9.17) is 0 Å². The fraction of sp³-hybridized carbons (Fsp3) is 0.158. The minimum atomic E-state index is -4.70. The number of hydrogen-bond donors (Lipinski definition) is 0. The Balaban J connectivity index is 1.36. The molecule has 5 rings (SSSR count). The molecule has 5 aromatic carbocycles. The highest BCUT2D eigenvalue weighted by Crippen LogP contribution is 2.39. The lowest BCUT2D eigenvalue weighted by molar-refractivity contribution is -0.189. The van der Waals surface area contributed by atoms with E-state index >= 15 is 8.78 Å². The van der Waals surface area contributed by atoms with Gasteiger partial charge in [-0.1, -0.05) is 68.3 Å². The topological polar surface area (TPSA) is 9.23 Å². The number of ether oxygens (including phenoxy) is 1. The Hall–Kier alpha value is -4.99. The number of benzene rings is 5. The molecule has 0 heterocycles. The normalized spacial score (nSPS) is 12.0. The first-order chi connectivity index (χ1) is 22.9. The maximum absolute atomic E-state index is 15.3. The van der Waals surface area contributed by atoms with Crippen LogP contribution in [-0.2, 0) is 12.5 Å². The van der Waals surface area contributed by atoms with Gasteiger partial charge in [-0.25, -0.2) is 30.7 Å². The second-order valence-corrected chi connectivity index (χ2v) is 11.1. The van der Waals surface area contributed by atoms with Gasteiger partial charge in [0.2, 0.25) is 0 Å². The number of alkyl halides is 2. The van der Waals surface area contributed by atoms with E-state index in [0.717, 1.165) is 43.4 Å². The maximum Gasteiger partial charge on any atom is 0.432 e. The zero-order chi connectivity index (χ0) is 34.6. The van der Waals surface area contributed by atoms with E-state index in [-0.39, 0.29) is 22.8 Å². The van der Waals surface area contributed by atoms with Gasteiger partial charge >= 0.3 is 6.11 Å². The second-order valence-electron chi connectivity index (χ2n) is 11.1. The molecule has 48 heavy (non-hydrogen) atoms. The Morgan fingerprint density at radius 2 is 1.19 bits per heavy atom. The molecule has 0 aliphatic heterocycles. The molecule has 0 radical (unpaired) electrons. The van der Waals surface area contributed by atoms with Crippen molar-refractivity contribution >= 4 is 5.83 Å². The van der Waals surface area contributed by atoms with E-state index in [9.17, 15) is 30.7 Å². The average Bonchev–Trinajstić information content (AvgIpc) is 3.04. The Kier molecular flexibility index (Phi) is 10.3. The first kappa shape index (κ1) is 34.3. The van der Waals surface area contributed by atoms with Crippen molar-refractivity contribution in [2.24, 2.45) is 0 Å². The van der Waals surface area contributed by atoms with Crippen molar-refractivity contribution in [2.45, 2.75) is 38.7 Å². The molecule has 10 heteroatoms. The van der Waals surface area contributed by atoms with Crippen molar-refractivity contribution in [2.75, 3.05) is 0 Å². The highest BCUT2D eigenvalue weighted by atomic mass is 19.3. The highest BCUT2D eigenvalue weighted by Gasteiger charge is 2.41. The van der Waals surface area contributed by atoms with Crippen LogP contribution in [0.15, 0.2) is 97.3 Å². The second kappa shape index (κ2) is 14.4. The lowest BCUT2D eigenvalue weighted by atomic mass is 9.96. The van der Waals surface area contributed by atoms with Crippen molar-refractivity contribution in [1.29, 1.82) is 0 Å². The standard InChI is InChI=1S/C38H27F9O/c1-2-3-4-5-22-6-8-23(9-7-22)24-10-13-28(31(40)16-24)25-11-14-29(32(41)17-25)26-18-34(43)37(35(44)19-26)38(46,47)48-27-12-15-30(33(42)20-27)36(45)21-39/h6-21H,2-5H2,1H3/b36-21-. The number of hydrogen-bond acceptors (Lipinski definition) is 1. The summed E-state index contributed by atoms with van der Waals surface area (Å²) in [7, 11) is 0. The van der Waals surface area contributed by atoms with Gasteiger partial charge in [-0.2, -0.15) is 8.78 Å². The number of halogens is 9. The molecule has 0 unspecified atom stereocenters. The highest BCUT2D eigenvalue weighted by molar-refractivity contribution is 5.74. The van der Waals surface area contributed by atoms with Crippen LogP contribution in [-0.4, -0.2) is 0 Å². The number of unbranched alkanes of at least 4 members (excludes halogenated alkanes) is 2. The third-order valence-electron chi connectivity index (χ3n) is 7.79. The van der Waals surface area contributed by atoms with Crippen molar-refractivity contribution in [3.05, 3.63) is 143 Å². The predicted molar refractivity (Wildman–Crippen MR) is 167 cm³/mol. The smallest absolute Gasteiger partial charge is 0.429 e. The molecule has 0 aromatic heterocycles. The van der Waals surface area contributed by atoms with Gasteiger partial charge in [-0.05, 0) is 77.1 Å². The van der Waals surface area contributed by atoms with Crippen molar-refractivity contribution in [1.82, 2.24) is 0 Å². The molecule has 0 N–H and O–H groups in total. The lowest BCUT2D eigenvalue weighted by Gasteiger charge is -2.20.